The van der Waals surface area contributed by atoms with Gasteiger partial charge >= 0.3 is 5.97 Å². The Labute approximate surface area is 116 Å². The Balaban J connectivity index is 2.58. The highest BCUT2D eigenvalue weighted by Crippen LogP contribution is 2.36. The lowest BCUT2D eigenvalue weighted by atomic mass is 9.96. The molecule has 2 rings (SSSR count). The fourth-order valence-corrected chi connectivity index (χ4v) is 2.08. The molecule has 0 radical (unpaired) electrons. The van der Waals surface area contributed by atoms with Gasteiger partial charge in [-0.05, 0) is 12.5 Å². The van der Waals surface area contributed by atoms with Crippen molar-refractivity contribution in [2.45, 2.75) is 12.8 Å². The van der Waals surface area contributed by atoms with Gasteiger partial charge in [-0.2, -0.15) is 0 Å². The predicted octanol–water partition coefficient (Wildman–Crippen LogP) is 3.69. The van der Waals surface area contributed by atoms with E-state index < -0.39 is 17.7 Å². The maximum absolute atomic E-state index is 14.4. The normalized spacial score (nSPS) is 11.9. The van der Waals surface area contributed by atoms with Crippen LogP contribution in [0.2, 0.25) is 0 Å². The molecule has 0 amide bonds. The number of hydrogen-bond acceptors (Lipinski definition) is 2. The van der Waals surface area contributed by atoms with E-state index >= 15 is 0 Å². The van der Waals surface area contributed by atoms with Gasteiger partial charge < -0.3 is 9.84 Å². The molecule has 0 spiro atoms. The Hall–Kier alpha value is -2.36. The number of benzene rings is 2. The lowest BCUT2D eigenvalue weighted by molar-refractivity contribution is -0.138. The van der Waals surface area contributed by atoms with Crippen molar-refractivity contribution in [1.82, 2.24) is 0 Å². The van der Waals surface area contributed by atoms with Crippen LogP contribution in [-0.2, 0) is 4.79 Å². The smallest absolute Gasteiger partial charge is 0.310 e. The van der Waals surface area contributed by atoms with Crippen LogP contribution in [-0.4, -0.2) is 18.2 Å². The summed E-state index contributed by atoms with van der Waals surface area (Å²) in [5.41, 5.74) is 1.54. The maximum atomic E-state index is 14.4. The topological polar surface area (TPSA) is 46.5 Å². The number of carboxylic acid groups (broad SMARTS) is 1. The van der Waals surface area contributed by atoms with Gasteiger partial charge in [-0.25, -0.2) is 4.39 Å². The molecule has 0 aliphatic carbocycles. The Bertz CT molecular complexity index is 623. The van der Waals surface area contributed by atoms with Gasteiger partial charge in [0.2, 0.25) is 0 Å². The number of carbonyl (C=O) groups is 1. The molecule has 1 N–H and O–H groups in total. The van der Waals surface area contributed by atoms with E-state index in [0.29, 0.717) is 5.56 Å². The summed E-state index contributed by atoms with van der Waals surface area (Å²) in [5, 5.41) is 9.00. The standard InChI is InChI=1S/C16H15FO3/c1-10(16(18)19)12-8-9-13(15(20-2)14(12)17)11-6-4-3-5-7-11/h3-10H,1-2H3,(H,18,19). The van der Waals surface area contributed by atoms with Crippen molar-refractivity contribution in [1.29, 1.82) is 0 Å². The van der Waals surface area contributed by atoms with E-state index in [4.69, 9.17) is 9.84 Å². The van der Waals surface area contributed by atoms with Crippen LogP contribution < -0.4 is 4.74 Å². The Morgan fingerprint density at radius 2 is 1.85 bits per heavy atom. The van der Waals surface area contributed by atoms with Crippen LogP contribution in [0.5, 0.6) is 5.75 Å². The van der Waals surface area contributed by atoms with Crippen molar-refractivity contribution in [3.63, 3.8) is 0 Å². The molecule has 2 aromatic carbocycles. The molecule has 3 nitrogen and oxygen atoms in total. The van der Waals surface area contributed by atoms with E-state index in [1.165, 1.54) is 20.1 Å². The summed E-state index contributed by atoms with van der Waals surface area (Å²) in [7, 11) is 1.38. The van der Waals surface area contributed by atoms with Gasteiger partial charge in [0.1, 0.15) is 0 Å². The highest BCUT2D eigenvalue weighted by atomic mass is 19.1. The summed E-state index contributed by atoms with van der Waals surface area (Å²) in [6.45, 7) is 1.45. The summed E-state index contributed by atoms with van der Waals surface area (Å²) in [6, 6.07) is 12.4. The lowest BCUT2D eigenvalue weighted by Crippen LogP contribution is -2.10. The van der Waals surface area contributed by atoms with Crippen molar-refractivity contribution in [2.75, 3.05) is 7.11 Å². The first-order valence-corrected chi connectivity index (χ1v) is 6.21. The molecule has 20 heavy (non-hydrogen) atoms. The molecule has 4 heteroatoms. The number of rotatable bonds is 4. The minimum Gasteiger partial charge on any atom is -0.493 e. The van der Waals surface area contributed by atoms with E-state index in [9.17, 15) is 9.18 Å². The van der Waals surface area contributed by atoms with E-state index in [2.05, 4.69) is 0 Å². The number of ether oxygens (including phenoxy) is 1. The van der Waals surface area contributed by atoms with E-state index in [1.54, 1.807) is 6.07 Å². The zero-order chi connectivity index (χ0) is 14.7. The molecule has 0 saturated carbocycles. The second-order valence-electron chi connectivity index (χ2n) is 4.48. The predicted molar refractivity (Wildman–Crippen MR) is 74.4 cm³/mol. The average Bonchev–Trinajstić information content (AvgIpc) is 2.47. The first-order chi connectivity index (χ1) is 9.56. The fourth-order valence-electron chi connectivity index (χ4n) is 2.08. The third-order valence-electron chi connectivity index (χ3n) is 3.25. The average molecular weight is 274 g/mol. The van der Waals surface area contributed by atoms with Gasteiger partial charge in [0.25, 0.3) is 0 Å². The summed E-state index contributed by atoms with van der Waals surface area (Å²) in [4.78, 5) is 11.0. The Morgan fingerprint density at radius 3 is 2.40 bits per heavy atom. The van der Waals surface area contributed by atoms with Crippen molar-refractivity contribution < 1.29 is 19.0 Å². The summed E-state index contributed by atoms with van der Waals surface area (Å²) >= 11 is 0. The number of methoxy groups -OCH3 is 1. The summed E-state index contributed by atoms with van der Waals surface area (Å²) in [5.74, 6) is -2.54. The minimum absolute atomic E-state index is 0.0711. The monoisotopic (exact) mass is 274 g/mol. The molecule has 0 bridgehead atoms. The van der Waals surface area contributed by atoms with Crippen LogP contribution in [0.15, 0.2) is 42.5 Å². The lowest BCUT2D eigenvalue weighted by Gasteiger charge is -2.15. The second kappa shape index (κ2) is 5.74. The quantitative estimate of drug-likeness (QED) is 0.924. The van der Waals surface area contributed by atoms with Crippen LogP contribution in [0, 0.1) is 5.82 Å². The van der Waals surface area contributed by atoms with Crippen LogP contribution >= 0.6 is 0 Å². The summed E-state index contributed by atoms with van der Waals surface area (Å²) < 4.78 is 19.6. The fraction of sp³-hybridized carbons (Fsp3) is 0.188. The van der Waals surface area contributed by atoms with Crippen LogP contribution in [0.25, 0.3) is 11.1 Å². The largest absolute Gasteiger partial charge is 0.493 e. The van der Waals surface area contributed by atoms with Gasteiger partial charge in [0, 0.05) is 11.1 Å². The number of hydrogen-bond donors (Lipinski definition) is 1. The number of halogens is 1. The van der Waals surface area contributed by atoms with Crippen molar-refractivity contribution in [3.8, 4) is 16.9 Å². The Kier molecular flexibility index (Phi) is 4.03. The van der Waals surface area contributed by atoms with Gasteiger partial charge in [0.05, 0.1) is 13.0 Å². The molecule has 1 unspecified atom stereocenters. The van der Waals surface area contributed by atoms with Crippen LogP contribution in [0.1, 0.15) is 18.4 Å². The second-order valence-corrected chi connectivity index (χ2v) is 4.48. The molecule has 104 valence electrons. The molecule has 1 atom stereocenters. The summed E-state index contributed by atoms with van der Waals surface area (Å²) in [6.07, 6.45) is 0. The first-order valence-electron chi connectivity index (χ1n) is 6.21. The first kappa shape index (κ1) is 14.1. The number of carboxylic acids is 1. The zero-order valence-corrected chi connectivity index (χ0v) is 11.3. The van der Waals surface area contributed by atoms with Gasteiger partial charge in [-0.1, -0.05) is 42.5 Å². The molecule has 2 aromatic rings. The molecule has 0 aromatic heterocycles. The van der Waals surface area contributed by atoms with E-state index in [-0.39, 0.29) is 11.3 Å². The van der Waals surface area contributed by atoms with Crippen LogP contribution in [0.3, 0.4) is 0 Å². The Morgan fingerprint density at radius 1 is 1.20 bits per heavy atom. The van der Waals surface area contributed by atoms with Crippen molar-refractivity contribution in [2.24, 2.45) is 0 Å². The SMILES string of the molecule is COc1c(-c2ccccc2)ccc(C(C)C(=O)O)c1F. The van der Waals surface area contributed by atoms with Crippen molar-refractivity contribution in [3.05, 3.63) is 53.8 Å². The molecule has 0 aliphatic heterocycles. The third kappa shape index (κ3) is 2.50. The minimum atomic E-state index is -1.07. The molecule has 0 saturated heterocycles. The zero-order valence-electron chi connectivity index (χ0n) is 11.3. The number of aliphatic carboxylic acids is 1. The maximum Gasteiger partial charge on any atom is 0.310 e. The molecule has 0 aliphatic rings. The molecule has 0 fully saturated rings. The molecular weight excluding hydrogens is 259 g/mol. The molecular formula is C16H15FO3. The third-order valence-corrected chi connectivity index (χ3v) is 3.25. The van der Waals surface area contributed by atoms with Gasteiger partial charge in [-0.3, -0.25) is 4.79 Å². The van der Waals surface area contributed by atoms with E-state index in [0.717, 1.165) is 5.56 Å². The van der Waals surface area contributed by atoms with Gasteiger partial charge in [0.15, 0.2) is 11.6 Å². The molecule has 0 heterocycles. The van der Waals surface area contributed by atoms with E-state index in [1.807, 2.05) is 30.3 Å². The van der Waals surface area contributed by atoms with Crippen LogP contribution in [0.4, 0.5) is 4.39 Å². The highest BCUT2D eigenvalue weighted by molar-refractivity contribution is 5.78. The van der Waals surface area contributed by atoms with Crippen molar-refractivity contribution >= 4 is 5.97 Å². The van der Waals surface area contributed by atoms with Gasteiger partial charge in [-0.15, -0.1) is 0 Å². The highest BCUT2D eigenvalue weighted by Gasteiger charge is 2.22.